The second-order valence-electron chi connectivity index (χ2n) is 5.40. The van der Waals surface area contributed by atoms with Crippen molar-refractivity contribution in [2.24, 2.45) is 10.8 Å². The topological polar surface area (TPSA) is 17.1 Å². The van der Waals surface area contributed by atoms with Crippen LogP contribution in [0.2, 0.25) is 0 Å². The van der Waals surface area contributed by atoms with Gasteiger partial charge in [-0.15, -0.1) is 0 Å². The van der Waals surface area contributed by atoms with Gasteiger partial charge in [0.25, 0.3) is 0 Å². The maximum atomic E-state index is 11.9. The highest BCUT2D eigenvalue weighted by Gasteiger charge is 2.38. The fourth-order valence-electron chi connectivity index (χ4n) is 1.07. The number of unbranched alkanes of at least 4 members (excludes halogenated alkanes) is 1. The third kappa shape index (κ3) is 3.13. The highest BCUT2D eigenvalue weighted by Crippen LogP contribution is 2.39. The third-order valence-corrected chi connectivity index (χ3v) is 3.33. The zero-order valence-corrected chi connectivity index (χ0v) is 10.0. The van der Waals surface area contributed by atoms with Crippen molar-refractivity contribution in [2.45, 2.75) is 60.8 Å². The quantitative estimate of drug-likeness (QED) is 0.649. The van der Waals surface area contributed by atoms with Gasteiger partial charge in [0.05, 0.1) is 0 Å². The fourth-order valence-corrected chi connectivity index (χ4v) is 1.07. The second kappa shape index (κ2) is 4.26. The molecule has 1 heteroatoms. The zero-order valence-electron chi connectivity index (χ0n) is 10.0. The summed E-state index contributed by atoms with van der Waals surface area (Å²) in [4.78, 5) is 11.9. The zero-order chi connectivity index (χ0) is 10.7. The predicted octanol–water partition coefficient (Wildman–Crippen LogP) is 3.82. The summed E-state index contributed by atoms with van der Waals surface area (Å²) in [6.45, 7) is 12.7. The van der Waals surface area contributed by atoms with Crippen LogP contribution in [0.5, 0.6) is 0 Å². The molecule has 0 rings (SSSR count). The monoisotopic (exact) mass is 184 g/mol. The van der Waals surface area contributed by atoms with E-state index in [0.717, 1.165) is 19.3 Å². The van der Waals surface area contributed by atoms with Gasteiger partial charge >= 0.3 is 0 Å². The first kappa shape index (κ1) is 12.7. The van der Waals surface area contributed by atoms with Crippen LogP contribution in [0.15, 0.2) is 0 Å². The Morgan fingerprint density at radius 2 is 1.54 bits per heavy atom. The number of hydrogen-bond acceptors (Lipinski definition) is 1. The van der Waals surface area contributed by atoms with Crippen molar-refractivity contribution in [3.63, 3.8) is 0 Å². The van der Waals surface area contributed by atoms with E-state index in [4.69, 9.17) is 0 Å². The maximum Gasteiger partial charge on any atom is 0.139 e. The van der Waals surface area contributed by atoms with Crippen LogP contribution >= 0.6 is 0 Å². The lowest BCUT2D eigenvalue weighted by atomic mass is 9.66. The largest absolute Gasteiger partial charge is 0.299 e. The van der Waals surface area contributed by atoms with Gasteiger partial charge in [-0.05, 0) is 11.8 Å². The van der Waals surface area contributed by atoms with E-state index in [1.807, 2.05) is 0 Å². The molecule has 0 unspecified atom stereocenters. The first-order chi connectivity index (χ1) is 5.73. The summed E-state index contributed by atoms with van der Waals surface area (Å²) >= 11 is 0. The lowest BCUT2D eigenvalue weighted by Crippen LogP contribution is -2.37. The lowest BCUT2D eigenvalue weighted by Gasteiger charge is -2.37. The molecular formula is C12H24O. The molecule has 0 aliphatic rings. The van der Waals surface area contributed by atoms with Crippen LogP contribution in [0.25, 0.3) is 0 Å². The molecule has 13 heavy (non-hydrogen) atoms. The van der Waals surface area contributed by atoms with E-state index < -0.39 is 0 Å². The summed E-state index contributed by atoms with van der Waals surface area (Å²) in [5.74, 6) is 0.404. The second-order valence-corrected chi connectivity index (χ2v) is 5.40. The SMILES string of the molecule is CCCCC(=O)C(C)(C)C(C)(C)C. The molecule has 0 aliphatic carbocycles. The Kier molecular flexibility index (Phi) is 4.15. The minimum atomic E-state index is -0.192. The molecule has 0 bridgehead atoms. The molecule has 1 nitrogen and oxygen atoms in total. The van der Waals surface area contributed by atoms with E-state index in [1.165, 1.54) is 0 Å². The molecule has 0 amide bonds. The fraction of sp³-hybridized carbons (Fsp3) is 0.917. The van der Waals surface area contributed by atoms with Gasteiger partial charge in [-0.1, -0.05) is 48.0 Å². The summed E-state index contributed by atoms with van der Waals surface area (Å²) in [6, 6.07) is 0. The van der Waals surface area contributed by atoms with Gasteiger partial charge < -0.3 is 0 Å². The van der Waals surface area contributed by atoms with Crippen LogP contribution in [0.1, 0.15) is 60.8 Å². The molecule has 0 heterocycles. The number of carbonyl (C=O) groups excluding carboxylic acids is 1. The van der Waals surface area contributed by atoms with Crippen LogP contribution in [-0.4, -0.2) is 5.78 Å². The van der Waals surface area contributed by atoms with Crippen LogP contribution in [-0.2, 0) is 4.79 Å². The van der Waals surface area contributed by atoms with Crippen molar-refractivity contribution in [3.8, 4) is 0 Å². The standard InChI is InChI=1S/C12H24O/c1-7-8-9-10(13)12(5,6)11(2,3)4/h7-9H2,1-6H3. The van der Waals surface area contributed by atoms with Crippen molar-refractivity contribution in [1.82, 2.24) is 0 Å². The molecule has 0 N–H and O–H groups in total. The highest BCUT2D eigenvalue weighted by molar-refractivity contribution is 5.84. The molecule has 0 aromatic carbocycles. The number of ketones is 1. The number of Topliss-reactive ketones (excluding diaryl/α,β-unsaturated/α-hetero) is 1. The normalized spacial score (nSPS) is 13.1. The van der Waals surface area contributed by atoms with Gasteiger partial charge in [-0.2, -0.15) is 0 Å². The Morgan fingerprint density at radius 1 is 1.08 bits per heavy atom. The molecule has 78 valence electrons. The Morgan fingerprint density at radius 3 is 1.85 bits per heavy atom. The van der Waals surface area contributed by atoms with E-state index in [0.29, 0.717) is 5.78 Å². The molecule has 0 atom stereocenters. The summed E-state index contributed by atoms with van der Waals surface area (Å²) in [5, 5.41) is 0. The highest BCUT2D eigenvalue weighted by atomic mass is 16.1. The predicted molar refractivity (Wildman–Crippen MR) is 57.8 cm³/mol. The smallest absolute Gasteiger partial charge is 0.139 e. The molecule has 0 saturated carbocycles. The van der Waals surface area contributed by atoms with Crippen LogP contribution in [0.3, 0.4) is 0 Å². The lowest BCUT2D eigenvalue weighted by molar-refractivity contribution is -0.132. The molecular weight excluding hydrogens is 160 g/mol. The van der Waals surface area contributed by atoms with Crippen LogP contribution < -0.4 is 0 Å². The molecule has 0 spiro atoms. The summed E-state index contributed by atoms with van der Waals surface area (Å²) < 4.78 is 0. The molecule has 0 radical (unpaired) electrons. The molecule has 0 aliphatic heterocycles. The van der Waals surface area contributed by atoms with Crippen LogP contribution in [0.4, 0.5) is 0 Å². The minimum Gasteiger partial charge on any atom is -0.299 e. The average Bonchev–Trinajstić information content (AvgIpc) is 1.97. The number of carbonyl (C=O) groups is 1. The minimum absolute atomic E-state index is 0.0673. The van der Waals surface area contributed by atoms with Gasteiger partial charge in [-0.25, -0.2) is 0 Å². The summed E-state index contributed by atoms with van der Waals surface area (Å²) in [6.07, 6.45) is 2.87. The van der Waals surface area contributed by atoms with E-state index in [1.54, 1.807) is 0 Å². The Bertz CT molecular complexity index is 172. The van der Waals surface area contributed by atoms with Gasteiger partial charge in [0.15, 0.2) is 0 Å². The Balaban J connectivity index is 4.37. The van der Waals surface area contributed by atoms with Gasteiger partial charge in [0, 0.05) is 11.8 Å². The van der Waals surface area contributed by atoms with Gasteiger partial charge in [0.2, 0.25) is 0 Å². The molecule has 0 fully saturated rings. The van der Waals surface area contributed by atoms with Crippen molar-refractivity contribution in [3.05, 3.63) is 0 Å². The van der Waals surface area contributed by atoms with Crippen molar-refractivity contribution < 1.29 is 4.79 Å². The third-order valence-electron chi connectivity index (χ3n) is 3.33. The first-order valence-corrected chi connectivity index (χ1v) is 5.26. The molecule has 0 aromatic rings. The Labute approximate surface area is 82.9 Å². The van der Waals surface area contributed by atoms with E-state index in [2.05, 4.69) is 41.5 Å². The van der Waals surface area contributed by atoms with Gasteiger partial charge in [0.1, 0.15) is 5.78 Å². The summed E-state index contributed by atoms with van der Waals surface area (Å²) in [5.41, 5.74) is -0.125. The average molecular weight is 184 g/mol. The van der Waals surface area contributed by atoms with Crippen molar-refractivity contribution in [1.29, 1.82) is 0 Å². The Hall–Kier alpha value is -0.330. The maximum absolute atomic E-state index is 11.9. The molecule has 0 aromatic heterocycles. The van der Waals surface area contributed by atoms with Gasteiger partial charge in [-0.3, -0.25) is 4.79 Å². The molecule has 0 saturated heterocycles. The van der Waals surface area contributed by atoms with Crippen LogP contribution in [0, 0.1) is 10.8 Å². The number of hydrogen-bond donors (Lipinski definition) is 0. The van der Waals surface area contributed by atoms with Crippen molar-refractivity contribution >= 4 is 5.78 Å². The first-order valence-electron chi connectivity index (χ1n) is 5.26. The van der Waals surface area contributed by atoms with Crippen molar-refractivity contribution in [2.75, 3.05) is 0 Å². The summed E-state index contributed by atoms with van der Waals surface area (Å²) in [7, 11) is 0. The van der Waals surface area contributed by atoms with E-state index >= 15 is 0 Å². The van der Waals surface area contributed by atoms with E-state index in [-0.39, 0.29) is 10.8 Å². The number of rotatable bonds is 4. The van der Waals surface area contributed by atoms with E-state index in [9.17, 15) is 4.79 Å².